The van der Waals surface area contributed by atoms with Crippen LogP contribution in [-0.2, 0) is 0 Å². The van der Waals surface area contributed by atoms with Gasteiger partial charge in [-0.1, -0.05) is 47.5 Å². The molecule has 2 aromatic carbocycles. The summed E-state index contributed by atoms with van der Waals surface area (Å²) in [6, 6.07) is 9.26. The molecule has 3 N–H and O–H groups in total. The van der Waals surface area contributed by atoms with Crippen molar-refractivity contribution in [3.8, 4) is 0 Å². The molecule has 0 bridgehead atoms. The molecule has 2 aromatic rings. The maximum Gasteiger partial charge on any atom is 0.399 e. The number of nitrogens with one attached hydrogen (secondary N) is 1. The van der Waals surface area contributed by atoms with E-state index in [4.69, 9.17) is 29.0 Å². The van der Waals surface area contributed by atoms with E-state index in [-0.39, 0.29) is 15.6 Å². The number of rotatable bonds is 4. The molecule has 0 heterocycles. The molecule has 2 rings (SSSR count). The van der Waals surface area contributed by atoms with Gasteiger partial charge in [0.15, 0.2) is 0 Å². The first kappa shape index (κ1) is 18.6. The van der Waals surface area contributed by atoms with Gasteiger partial charge in [0.05, 0.1) is 5.92 Å². The van der Waals surface area contributed by atoms with Crippen LogP contribution in [0.2, 0.25) is 10.0 Å². The van der Waals surface area contributed by atoms with E-state index in [1.807, 2.05) is 0 Å². The summed E-state index contributed by atoms with van der Waals surface area (Å²) in [7, 11) is 0. The van der Waals surface area contributed by atoms with Crippen LogP contribution in [0.4, 0.5) is 18.9 Å². The van der Waals surface area contributed by atoms with Gasteiger partial charge in [-0.05, 0) is 47.9 Å². The lowest BCUT2D eigenvalue weighted by Crippen LogP contribution is -2.19. The number of alkyl halides is 3. The molecule has 0 saturated carbocycles. The maximum absolute atomic E-state index is 13.4. The molecule has 1 atom stereocenters. The monoisotopic (exact) mass is 374 g/mol. The van der Waals surface area contributed by atoms with E-state index in [9.17, 15) is 13.2 Å². The number of halogens is 5. The van der Waals surface area contributed by atoms with Crippen LogP contribution in [0.1, 0.15) is 22.6 Å². The molecule has 0 aromatic heterocycles. The minimum absolute atomic E-state index is 0.000375. The zero-order valence-corrected chi connectivity index (χ0v) is 14.2. The fraction of sp³-hybridized carbons (Fsp3) is 0.176. The number of hydrazine groups is 1. The standard InChI is InChI=1S/C17H15Cl2F3N2/c1-10-15(18)8-12(9-16(10)19)14(17(20,21)22)7-4-11-2-5-13(24-23)6-3-11/h2-9,14,24H,23H2,1H3/b7-4+. The third-order valence-corrected chi connectivity index (χ3v) is 4.36. The Hall–Kier alpha value is -1.69. The van der Waals surface area contributed by atoms with E-state index in [1.165, 1.54) is 18.2 Å². The average Bonchev–Trinajstić information content (AvgIpc) is 2.52. The SMILES string of the molecule is Cc1c(Cl)cc(C(/C=C/c2ccc(NN)cc2)C(F)(F)F)cc1Cl. The lowest BCUT2D eigenvalue weighted by molar-refractivity contribution is -0.139. The van der Waals surface area contributed by atoms with Crippen LogP contribution < -0.4 is 11.3 Å². The van der Waals surface area contributed by atoms with Gasteiger partial charge in [-0.15, -0.1) is 0 Å². The topological polar surface area (TPSA) is 38.0 Å². The van der Waals surface area contributed by atoms with Gasteiger partial charge in [0.2, 0.25) is 0 Å². The van der Waals surface area contributed by atoms with Crippen LogP contribution in [0.25, 0.3) is 6.08 Å². The summed E-state index contributed by atoms with van der Waals surface area (Å²) in [5, 5.41) is 0.414. The first-order valence-electron chi connectivity index (χ1n) is 6.99. The third-order valence-electron chi connectivity index (χ3n) is 3.57. The average molecular weight is 375 g/mol. The van der Waals surface area contributed by atoms with Crippen molar-refractivity contribution in [2.24, 2.45) is 5.84 Å². The molecule has 24 heavy (non-hydrogen) atoms. The molecule has 0 aliphatic rings. The highest BCUT2D eigenvalue weighted by Crippen LogP contribution is 2.39. The van der Waals surface area contributed by atoms with Crippen molar-refractivity contribution in [1.29, 1.82) is 0 Å². The van der Waals surface area contributed by atoms with Gasteiger partial charge >= 0.3 is 6.18 Å². The molecule has 0 aliphatic carbocycles. The van der Waals surface area contributed by atoms with Crippen molar-refractivity contribution in [1.82, 2.24) is 0 Å². The summed E-state index contributed by atoms with van der Waals surface area (Å²) >= 11 is 11.9. The van der Waals surface area contributed by atoms with E-state index in [0.29, 0.717) is 16.8 Å². The van der Waals surface area contributed by atoms with Gasteiger partial charge in [0.1, 0.15) is 0 Å². The highest BCUT2D eigenvalue weighted by Gasteiger charge is 2.39. The molecule has 2 nitrogen and oxygen atoms in total. The number of hydrogen-bond donors (Lipinski definition) is 2. The summed E-state index contributed by atoms with van der Waals surface area (Å²) in [5.74, 6) is 3.45. The van der Waals surface area contributed by atoms with Gasteiger partial charge in [-0.3, -0.25) is 5.84 Å². The van der Waals surface area contributed by atoms with E-state index in [2.05, 4.69) is 5.43 Å². The highest BCUT2D eigenvalue weighted by atomic mass is 35.5. The second-order valence-electron chi connectivity index (χ2n) is 5.25. The van der Waals surface area contributed by atoms with Crippen LogP contribution in [0, 0.1) is 6.92 Å². The summed E-state index contributed by atoms with van der Waals surface area (Å²) in [6.45, 7) is 1.65. The number of hydrogen-bond acceptors (Lipinski definition) is 2. The van der Waals surface area contributed by atoms with Crippen molar-refractivity contribution in [2.45, 2.75) is 19.0 Å². The van der Waals surface area contributed by atoms with Gasteiger partial charge in [0, 0.05) is 15.7 Å². The lowest BCUT2D eigenvalue weighted by Gasteiger charge is -2.18. The molecule has 0 fully saturated rings. The molecule has 128 valence electrons. The van der Waals surface area contributed by atoms with Crippen LogP contribution in [0.5, 0.6) is 0 Å². The molecular weight excluding hydrogens is 360 g/mol. The van der Waals surface area contributed by atoms with Gasteiger partial charge in [0.25, 0.3) is 0 Å². The van der Waals surface area contributed by atoms with Crippen molar-refractivity contribution < 1.29 is 13.2 Å². The number of anilines is 1. The first-order chi connectivity index (χ1) is 11.2. The largest absolute Gasteiger partial charge is 0.399 e. The second kappa shape index (κ2) is 7.47. The zero-order valence-electron chi connectivity index (χ0n) is 12.7. The number of nitrogens with two attached hydrogens (primary N) is 1. The Balaban J connectivity index is 2.37. The van der Waals surface area contributed by atoms with E-state index in [1.54, 1.807) is 31.2 Å². The number of benzene rings is 2. The van der Waals surface area contributed by atoms with Gasteiger partial charge in [-0.2, -0.15) is 13.2 Å². The fourth-order valence-corrected chi connectivity index (χ4v) is 2.66. The third kappa shape index (κ3) is 4.44. The van der Waals surface area contributed by atoms with Gasteiger partial charge < -0.3 is 5.43 Å². The first-order valence-corrected chi connectivity index (χ1v) is 7.75. The molecule has 0 saturated heterocycles. The fourth-order valence-electron chi connectivity index (χ4n) is 2.15. The Morgan fingerprint density at radius 3 is 2.08 bits per heavy atom. The van der Waals surface area contributed by atoms with Crippen LogP contribution in [-0.4, -0.2) is 6.18 Å². The van der Waals surface area contributed by atoms with Crippen molar-refractivity contribution in [3.63, 3.8) is 0 Å². The van der Waals surface area contributed by atoms with E-state index >= 15 is 0 Å². The van der Waals surface area contributed by atoms with Crippen LogP contribution >= 0.6 is 23.2 Å². The predicted octanol–water partition coefficient (Wildman–Crippen LogP) is 5.95. The minimum Gasteiger partial charge on any atom is -0.324 e. The van der Waals surface area contributed by atoms with E-state index in [0.717, 1.165) is 6.08 Å². The van der Waals surface area contributed by atoms with Crippen LogP contribution in [0.15, 0.2) is 42.5 Å². The molecule has 7 heteroatoms. The molecular formula is C17H15Cl2F3N2. The quantitative estimate of drug-likeness (QED) is 0.512. The summed E-state index contributed by atoms with van der Waals surface area (Å²) < 4.78 is 40.3. The molecule has 0 amide bonds. The number of nitrogen functional groups attached to an aromatic ring is 1. The molecule has 0 spiro atoms. The summed E-state index contributed by atoms with van der Waals surface area (Å²) in [6.07, 6.45) is -1.97. The van der Waals surface area contributed by atoms with Crippen molar-refractivity contribution >= 4 is 35.0 Å². The molecule has 0 radical (unpaired) electrons. The second-order valence-corrected chi connectivity index (χ2v) is 6.07. The summed E-state index contributed by atoms with van der Waals surface area (Å²) in [5.41, 5.74) is 4.29. The Bertz CT molecular complexity index is 717. The normalized spacial score (nSPS) is 13.3. The predicted molar refractivity (Wildman–Crippen MR) is 93.3 cm³/mol. The molecule has 0 aliphatic heterocycles. The highest BCUT2D eigenvalue weighted by molar-refractivity contribution is 6.36. The van der Waals surface area contributed by atoms with E-state index < -0.39 is 12.1 Å². The Morgan fingerprint density at radius 2 is 1.62 bits per heavy atom. The van der Waals surface area contributed by atoms with Crippen molar-refractivity contribution in [2.75, 3.05) is 5.43 Å². The molecule has 1 unspecified atom stereocenters. The van der Waals surface area contributed by atoms with Crippen molar-refractivity contribution in [3.05, 3.63) is 69.2 Å². The van der Waals surface area contributed by atoms with Gasteiger partial charge in [-0.25, -0.2) is 0 Å². The lowest BCUT2D eigenvalue weighted by atomic mass is 9.96. The number of allylic oxidation sites excluding steroid dienone is 1. The zero-order chi connectivity index (χ0) is 17.9. The Morgan fingerprint density at radius 1 is 1.08 bits per heavy atom. The maximum atomic E-state index is 13.4. The summed E-state index contributed by atoms with van der Waals surface area (Å²) in [4.78, 5) is 0. The minimum atomic E-state index is -4.46. The Kier molecular flexibility index (Phi) is 5.80. The van der Waals surface area contributed by atoms with Crippen LogP contribution in [0.3, 0.4) is 0 Å². The Labute approximate surface area is 148 Å². The smallest absolute Gasteiger partial charge is 0.324 e.